The summed E-state index contributed by atoms with van der Waals surface area (Å²) in [6.45, 7) is 15.1. The molecule has 0 radical (unpaired) electrons. The smallest absolute Gasteiger partial charge is 0.113 e. The van der Waals surface area contributed by atoms with Crippen LogP contribution in [0.25, 0.3) is 0 Å². The van der Waals surface area contributed by atoms with E-state index in [4.69, 9.17) is 37.9 Å². The number of likely N-dealkylation sites (tertiary alicyclic amines) is 2. The van der Waals surface area contributed by atoms with Crippen LogP contribution in [0.1, 0.15) is 44.5 Å². The number of rotatable bonds is 30. The van der Waals surface area contributed by atoms with Crippen molar-refractivity contribution in [3.05, 3.63) is 276 Å². The molecule has 0 N–H and O–H groups in total. The van der Waals surface area contributed by atoms with Gasteiger partial charge in [-0.15, -0.1) is 13.2 Å². The van der Waals surface area contributed by atoms with Gasteiger partial charge in [-0.05, 0) is 44.5 Å². The Labute approximate surface area is 462 Å². The molecule has 2 saturated heterocycles. The molecule has 10 nitrogen and oxygen atoms in total. The van der Waals surface area contributed by atoms with Gasteiger partial charge in [-0.3, -0.25) is 9.80 Å². The predicted octanol–water partition coefficient (Wildman–Crippen LogP) is 12.0. The number of hydrogen-bond acceptors (Lipinski definition) is 10. The maximum Gasteiger partial charge on any atom is 0.113 e. The molecule has 7 aromatic carbocycles. The van der Waals surface area contributed by atoms with Gasteiger partial charge in [0.15, 0.2) is 0 Å². The van der Waals surface area contributed by atoms with E-state index < -0.39 is 0 Å². The summed E-state index contributed by atoms with van der Waals surface area (Å²) in [4.78, 5) is 4.74. The number of nitrogens with zero attached hydrogens (tertiary/aromatic N) is 2. The zero-order valence-corrected chi connectivity index (χ0v) is 44.9. The number of hydrogen-bond donors (Lipinski definition) is 0. The van der Waals surface area contributed by atoms with Crippen LogP contribution < -0.4 is 0 Å². The molecule has 9 rings (SSSR count). The molecule has 0 bridgehead atoms. The Kier molecular flexibility index (Phi) is 22.2. The van der Waals surface area contributed by atoms with Crippen LogP contribution in [-0.4, -0.2) is 97.9 Å². The molecule has 2 aliphatic heterocycles. The lowest BCUT2D eigenvalue weighted by Crippen LogP contribution is -2.64. The van der Waals surface area contributed by atoms with E-state index in [1.165, 1.54) is 0 Å². The summed E-state index contributed by atoms with van der Waals surface area (Å²) in [7, 11) is 0. The van der Waals surface area contributed by atoms with E-state index in [2.05, 4.69) is 120 Å². The zero-order chi connectivity index (χ0) is 53.4. The van der Waals surface area contributed by atoms with Gasteiger partial charge < -0.3 is 37.9 Å². The fourth-order valence-electron chi connectivity index (χ4n) is 10.4. The SMILES string of the molecule is C=CCN1C[C@H](OCc2ccccc2)[C@@H](OCc2ccccc2)[C@H](OCc2ccccc2)[C@H]1COCc1ccc(COC[C@@H]2[C@@H](OCc3ccccc3)[C@H](OCc3ccccc3)[C@@H](OCc3ccccc3)CN2CC=C)cc1. The van der Waals surface area contributed by atoms with Gasteiger partial charge in [-0.2, -0.15) is 0 Å². The summed E-state index contributed by atoms with van der Waals surface area (Å²) in [6.07, 6.45) is 1.83. The van der Waals surface area contributed by atoms with Crippen LogP contribution in [-0.2, 0) is 90.7 Å². The molecule has 7 aromatic rings. The van der Waals surface area contributed by atoms with Gasteiger partial charge in [0.2, 0.25) is 0 Å². The maximum absolute atomic E-state index is 6.97. The number of piperidine rings is 2. The molecule has 0 amide bonds. The molecule has 0 aromatic heterocycles. The Hall–Kier alpha value is -6.38. The van der Waals surface area contributed by atoms with Crippen LogP contribution in [0.3, 0.4) is 0 Å². The summed E-state index contributed by atoms with van der Waals surface area (Å²) >= 11 is 0. The predicted molar refractivity (Wildman–Crippen MR) is 307 cm³/mol. The topological polar surface area (TPSA) is 80.3 Å². The second kappa shape index (κ2) is 30.7. The van der Waals surface area contributed by atoms with Gasteiger partial charge in [-0.25, -0.2) is 0 Å². The second-order valence-electron chi connectivity index (χ2n) is 20.2. The highest BCUT2D eigenvalue weighted by Gasteiger charge is 2.47. The summed E-state index contributed by atoms with van der Waals surface area (Å²) in [5.41, 5.74) is 8.69. The van der Waals surface area contributed by atoms with Crippen LogP contribution in [0.5, 0.6) is 0 Å². The third kappa shape index (κ3) is 16.8. The van der Waals surface area contributed by atoms with Crippen LogP contribution >= 0.6 is 0 Å². The first-order chi connectivity index (χ1) is 38.6. The van der Waals surface area contributed by atoms with Crippen molar-refractivity contribution < 1.29 is 37.9 Å². The Bertz CT molecular complexity index is 2570. The molecule has 2 heterocycles. The fraction of sp³-hybridized carbons (Fsp3) is 0.324. The molecule has 2 fully saturated rings. The van der Waals surface area contributed by atoms with Crippen molar-refractivity contribution in [2.75, 3.05) is 39.4 Å². The minimum absolute atomic E-state index is 0.147. The lowest BCUT2D eigenvalue weighted by atomic mass is 9.93. The normalized spacial score (nSPS) is 21.7. The Morgan fingerprint density at radius 3 is 0.821 bits per heavy atom. The van der Waals surface area contributed by atoms with E-state index >= 15 is 0 Å². The summed E-state index contributed by atoms with van der Waals surface area (Å²) in [5.74, 6) is 0. The average molecular weight is 1050 g/mol. The number of ether oxygens (including phenoxy) is 8. The van der Waals surface area contributed by atoms with E-state index in [0.29, 0.717) is 92.2 Å². The molecule has 2 aliphatic rings. The largest absolute Gasteiger partial charge is 0.375 e. The third-order valence-corrected chi connectivity index (χ3v) is 14.5. The van der Waals surface area contributed by atoms with Crippen molar-refractivity contribution in [1.82, 2.24) is 9.80 Å². The van der Waals surface area contributed by atoms with Crippen molar-refractivity contribution >= 4 is 0 Å². The first-order valence-corrected chi connectivity index (χ1v) is 27.5. The molecular weight excluding hydrogens is 973 g/mol. The van der Waals surface area contributed by atoms with Crippen molar-refractivity contribution in [2.45, 2.75) is 102 Å². The second-order valence-corrected chi connectivity index (χ2v) is 20.2. The van der Waals surface area contributed by atoms with Gasteiger partial charge >= 0.3 is 0 Å². The quantitative estimate of drug-likeness (QED) is 0.0406. The molecular formula is C68H76N2O8. The molecule has 406 valence electrons. The van der Waals surface area contributed by atoms with Crippen molar-refractivity contribution in [2.24, 2.45) is 0 Å². The Morgan fingerprint density at radius 1 is 0.308 bits per heavy atom. The summed E-state index contributed by atoms with van der Waals surface area (Å²) in [5, 5.41) is 0. The molecule has 8 atom stereocenters. The highest BCUT2D eigenvalue weighted by Crippen LogP contribution is 2.32. The van der Waals surface area contributed by atoms with Gasteiger partial charge in [0, 0.05) is 26.2 Å². The summed E-state index contributed by atoms with van der Waals surface area (Å²) in [6, 6.07) is 70.0. The molecule has 0 unspecified atom stereocenters. The van der Waals surface area contributed by atoms with Gasteiger partial charge in [-0.1, -0.05) is 218 Å². The average Bonchev–Trinajstić information content (AvgIpc) is 3.55. The lowest BCUT2D eigenvalue weighted by molar-refractivity contribution is -0.209. The van der Waals surface area contributed by atoms with Gasteiger partial charge in [0.25, 0.3) is 0 Å². The van der Waals surface area contributed by atoms with E-state index in [1.54, 1.807) is 0 Å². The van der Waals surface area contributed by atoms with Gasteiger partial charge in [0.05, 0.1) is 90.4 Å². The molecule has 0 spiro atoms. The molecule has 0 aliphatic carbocycles. The maximum atomic E-state index is 6.97. The first-order valence-electron chi connectivity index (χ1n) is 27.5. The van der Waals surface area contributed by atoms with Crippen molar-refractivity contribution in [3.63, 3.8) is 0 Å². The van der Waals surface area contributed by atoms with Crippen LogP contribution in [0.4, 0.5) is 0 Å². The van der Waals surface area contributed by atoms with Crippen LogP contribution in [0, 0.1) is 0 Å². The zero-order valence-electron chi connectivity index (χ0n) is 44.9. The van der Waals surface area contributed by atoms with Crippen LogP contribution in [0.2, 0.25) is 0 Å². The Morgan fingerprint density at radius 2 is 0.551 bits per heavy atom. The van der Waals surface area contributed by atoms with E-state index in [1.807, 2.05) is 121 Å². The first kappa shape index (κ1) is 56.3. The lowest BCUT2D eigenvalue weighted by Gasteiger charge is -2.48. The number of benzene rings is 7. The minimum Gasteiger partial charge on any atom is -0.375 e. The van der Waals surface area contributed by atoms with Crippen molar-refractivity contribution in [1.29, 1.82) is 0 Å². The fourth-order valence-corrected chi connectivity index (χ4v) is 10.4. The van der Waals surface area contributed by atoms with Crippen molar-refractivity contribution in [3.8, 4) is 0 Å². The van der Waals surface area contributed by atoms with E-state index in [0.717, 1.165) is 44.5 Å². The van der Waals surface area contributed by atoms with E-state index in [-0.39, 0.29) is 48.7 Å². The molecule has 10 heteroatoms. The van der Waals surface area contributed by atoms with E-state index in [9.17, 15) is 0 Å². The highest BCUT2D eigenvalue weighted by atomic mass is 16.6. The van der Waals surface area contributed by atoms with Gasteiger partial charge in [0.1, 0.15) is 24.4 Å². The molecule has 0 saturated carbocycles. The monoisotopic (exact) mass is 1050 g/mol. The van der Waals surface area contributed by atoms with Crippen LogP contribution in [0.15, 0.2) is 232 Å². The Balaban J connectivity index is 0.876. The highest BCUT2D eigenvalue weighted by molar-refractivity contribution is 5.23. The molecule has 78 heavy (non-hydrogen) atoms. The standard InChI is InChI=1S/C68H76N2O8/c1-3-39-69-41-63(73-45-53-23-11-5-12-24-53)67(77-49-57-31-19-9-20-32-57)65(75-47-55-27-15-7-16-28-55)61(69)51-71-43-59-35-37-60(38-36-59)44-72-52-62-66(76-48-56-29-17-8-18-30-56)68(78-50-58-33-21-10-22-34-58)64(42-70(62)40-4-2)74-46-54-25-13-6-14-26-54/h3-38,61-68H,1-2,39-52H2/t61-,62-,63+,64+,65-,66-,67-,68-/m1/s1. The minimum atomic E-state index is -0.378. The third-order valence-electron chi connectivity index (χ3n) is 14.5. The summed E-state index contributed by atoms with van der Waals surface area (Å²) < 4.78 is 54.6.